The number of carbonyl (C=O) groups is 1. The molecule has 1 saturated heterocycles. The van der Waals surface area contributed by atoms with Gasteiger partial charge in [-0.05, 0) is 68.7 Å². The molecule has 166 valence electrons. The first-order valence-electron chi connectivity index (χ1n) is 11.5. The van der Waals surface area contributed by atoms with Gasteiger partial charge < -0.3 is 21.3 Å². The third-order valence-corrected chi connectivity index (χ3v) is 6.46. The fraction of sp³-hybridized carbons (Fsp3) is 0.542. The predicted molar refractivity (Wildman–Crippen MR) is 125 cm³/mol. The molecule has 7 nitrogen and oxygen atoms in total. The van der Waals surface area contributed by atoms with Gasteiger partial charge >= 0.3 is 0 Å². The molecule has 1 saturated carbocycles. The molecule has 0 radical (unpaired) electrons. The third kappa shape index (κ3) is 5.94. The molecular weight excluding hydrogens is 388 g/mol. The quantitative estimate of drug-likeness (QED) is 0.659. The summed E-state index contributed by atoms with van der Waals surface area (Å²) < 4.78 is 0. The number of pyridine rings is 2. The van der Waals surface area contributed by atoms with Crippen molar-refractivity contribution in [2.24, 2.45) is 11.7 Å². The zero-order valence-corrected chi connectivity index (χ0v) is 18.4. The molecule has 2 aromatic rings. The zero-order valence-electron chi connectivity index (χ0n) is 18.4. The average Bonchev–Trinajstić information content (AvgIpc) is 2.80. The molecule has 1 aliphatic carbocycles. The van der Waals surface area contributed by atoms with Crippen LogP contribution < -0.4 is 16.4 Å². The van der Waals surface area contributed by atoms with Crippen molar-refractivity contribution in [2.75, 3.05) is 30.3 Å². The molecule has 0 bridgehead atoms. The molecule has 2 fully saturated rings. The molecule has 2 aromatic heterocycles. The highest BCUT2D eigenvalue weighted by atomic mass is 16.2. The van der Waals surface area contributed by atoms with Gasteiger partial charge in [0.1, 0.15) is 11.6 Å². The van der Waals surface area contributed by atoms with Crippen LogP contribution in [0.5, 0.6) is 0 Å². The molecule has 0 unspecified atom stereocenters. The number of anilines is 2. The van der Waals surface area contributed by atoms with Crippen LogP contribution in [0.4, 0.5) is 11.6 Å². The van der Waals surface area contributed by atoms with Gasteiger partial charge in [-0.25, -0.2) is 9.97 Å². The molecular formula is C24H34N6O. The number of rotatable bonds is 6. The Kier molecular flexibility index (Phi) is 7.02. The minimum Gasteiger partial charge on any atom is -0.370 e. The lowest BCUT2D eigenvalue weighted by atomic mass is 9.92. The van der Waals surface area contributed by atoms with Crippen LogP contribution in [0.15, 0.2) is 36.5 Å². The van der Waals surface area contributed by atoms with E-state index < -0.39 is 0 Å². The predicted octanol–water partition coefficient (Wildman–Crippen LogP) is 3.50. The van der Waals surface area contributed by atoms with E-state index in [4.69, 9.17) is 10.7 Å². The number of likely N-dealkylation sites (tertiary alicyclic amines) is 1. The maximum absolute atomic E-state index is 11.7. The normalized spacial score (nSPS) is 23.9. The van der Waals surface area contributed by atoms with Gasteiger partial charge in [0, 0.05) is 50.4 Å². The van der Waals surface area contributed by atoms with Crippen LogP contribution in [-0.2, 0) is 4.79 Å². The van der Waals surface area contributed by atoms with Crippen LogP contribution in [0.1, 0.15) is 45.4 Å². The van der Waals surface area contributed by atoms with Crippen LogP contribution in [0.2, 0.25) is 0 Å². The highest BCUT2D eigenvalue weighted by molar-refractivity contribution is 5.73. The van der Waals surface area contributed by atoms with Gasteiger partial charge in [-0.3, -0.25) is 4.79 Å². The van der Waals surface area contributed by atoms with E-state index in [1.54, 1.807) is 6.92 Å². The standard InChI is InChI=1S/C24H34N6O/c1-17(31)30-13-3-4-18(16-30)15-27-23-6-2-5-22(29-23)19-11-12-26-24(14-19)28-21-9-7-20(25)8-10-21/h2,5-6,11-12,14,18,20-21H,3-4,7-10,13,15-16,25H2,1H3,(H,26,28)(H,27,29)/t18-,20-,21-/m0/s1. The lowest BCUT2D eigenvalue weighted by Crippen LogP contribution is -2.40. The summed E-state index contributed by atoms with van der Waals surface area (Å²) in [4.78, 5) is 22.9. The summed E-state index contributed by atoms with van der Waals surface area (Å²) in [5.74, 6) is 2.39. The summed E-state index contributed by atoms with van der Waals surface area (Å²) in [6.07, 6.45) is 8.36. The van der Waals surface area contributed by atoms with Crippen LogP contribution in [0.3, 0.4) is 0 Å². The first-order valence-corrected chi connectivity index (χ1v) is 11.5. The van der Waals surface area contributed by atoms with Crippen molar-refractivity contribution in [3.05, 3.63) is 36.5 Å². The molecule has 3 heterocycles. The summed E-state index contributed by atoms with van der Waals surface area (Å²) in [5, 5.41) is 7.04. The first kappa shape index (κ1) is 21.6. The number of piperidine rings is 1. The summed E-state index contributed by atoms with van der Waals surface area (Å²) in [5.41, 5.74) is 8.00. The average molecular weight is 423 g/mol. The second-order valence-corrected chi connectivity index (χ2v) is 8.95. The van der Waals surface area contributed by atoms with Crippen LogP contribution in [0, 0.1) is 5.92 Å². The molecule has 1 aliphatic heterocycles. The Bertz CT molecular complexity index is 880. The number of aromatic nitrogens is 2. The first-order chi connectivity index (χ1) is 15.1. The highest BCUT2D eigenvalue weighted by Crippen LogP contribution is 2.24. The number of carbonyl (C=O) groups excluding carboxylic acids is 1. The Balaban J connectivity index is 1.37. The lowest BCUT2D eigenvalue weighted by Gasteiger charge is -2.32. The van der Waals surface area contributed by atoms with E-state index in [0.717, 1.165) is 81.1 Å². The van der Waals surface area contributed by atoms with E-state index in [2.05, 4.69) is 21.7 Å². The molecule has 0 aromatic carbocycles. The number of nitrogens with two attached hydrogens (primary N) is 1. The number of hydrogen-bond donors (Lipinski definition) is 3. The number of nitrogens with one attached hydrogen (secondary N) is 2. The summed E-state index contributed by atoms with van der Waals surface area (Å²) in [6, 6.07) is 10.9. The van der Waals surface area contributed by atoms with Crippen molar-refractivity contribution in [2.45, 2.75) is 57.5 Å². The Morgan fingerprint density at radius 1 is 1.16 bits per heavy atom. The van der Waals surface area contributed by atoms with Gasteiger partial charge in [-0.15, -0.1) is 0 Å². The Morgan fingerprint density at radius 2 is 2.00 bits per heavy atom. The monoisotopic (exact) mass is 422 g/mol. The van der Waals surface area contributed by atoms with Gasteiger partial charge in [0.05, 0.1) is 5.69 Å². The maximum Gasteiger partial charge on any atom is 0.219 e. The van der Waals surface area contributed by atoms with Crippen molar-refractivity contribution in [1.82, 2.24) is 14.9 Å². The molecule has 31 heavy (non-hydrogen) atoms. The Hall–Kier alpha value is -2.67. The topological polar surface area (TPSA) is 96.2 Å². The van der Waals surface area contributed by atoms with Gasteiger partial charge in [-0.1, -0.05) is 6.07 Å². The van der Waals surface area contributed by atoms with Crippen molar-refractivity contribution >= 4 is 17.5 Å². The van der Waals surface area contributed by atoms with Gasteiger partial charge in [0.25, 0.3) is 0 Å². The highest BCUT2D eigenvalue weighted by Gasteiger charge is 2.21. The minimum absolute atomic E-state index is 0.169. The maximum atomic E-state index is 11.7. The van der Waals surface area contributed by atoms with Crippen LogP contribution in [0.25, 0.3) is 11.3 Å². The largest absolute Gasteiger partial charge is 0.370 e. The summed E-state index contributed by atoms with van der Waals surface area (Å²) in [6.45, 7) is 4.19. The molecule has 4 rings (SSSR count). The van der Waals surface area contributed by atoms with E-state index in [1.807, 2.05) is 35.4 Å². The SMILES string of the molecule is CC(=O)N1CCC[C@@H](CNc2cccc(-c3ccnc(N[C@H]4CC[C@H](N)CC4)c3)n2)C1. The van der Waals surface area contributed by atoms with E-state index in [9.17, 15) is 4.79 Å². The van der Waals surface area contributed by atoms with E-state index in [-0.39, 0.29) is 5.91 Å². The minimum atomic E-state index is 0.169. The van der Waals surface area contributed by atoms with Crippen LogP contribution in [-0.4, -0.2) is 52.5 Å². The number of nitrogens with zero attached hydrogens (tertiary/aromatic N) is 3. The van der Waals surface area contributed by atoms with E-state index in [0.29, 0.717) is 18.0 Å². The van der Waals surface area contributed by atoms with Crippen LogP contribution >= 0.6 is 0 Å². The Morgan fingerprint density at radius 3 is 2.81 bits per heavy atom. The lowest BCUT2D eigenvalue weighted by molar-refractivity contribution is -0.130. The second kappa shape index (κ2) is 10.1. The summed E-state index contributed by atoms with van der Waals surface area (Å²) in [7, 11) is 0. The molecule has 7 heteroatoms. The molecule has 4 N–H and O–H groups in total. The van der Waals surface area contributed by atoms with Gasteiger partial charge in [0.15, 0.2) is 0 Å². The smallest absolute Gasteiger partial charge is 0.219 e. The number of amides is 1. The third-order valence-electron chi connectivity index (χ3n) is 6.46. The van der Waals surface area contributed by atoms with Crippen molar-refractivity contribution in [1.29, 1.82) is 0 Å². The van der Waals surface area contributed by atoms with Gasteiger partial charge in [-0.2, -0.15) is 0 Å². The van der Waals surface area contributed by atoms with Crippen molar-refractivity contribution < 1.29 is 4.79 Å². The molecule has 1 atom stereocenters. The number of hydrogen-bond acceptors (Lipinski definition) is 6. The fourth-order valence-electron chi connectivity index (χ4n) is 4.60. The second-order valence-electron chi connectivity index (χ2n) is 8.95. The zero-order chi connectivity index (χ0) is 21.6. The molecule has 2 aliphatic rings. The Labute approximate surface area is 184 Å². The van der Waals surface area contributed by atoms with E-state index >= 15 is 0 Å². The van der Waals surface area contributed by atoms with Crippen molar-refractivity contribution in [3.63, 3.8) is 0 Å². The molecule has 0 spiro atoms. The summed E-state index contributed by atoms with van der Waals surface area (Å²) >= 11 is 0. The van der Waals surface area contributed by atoms with Gasteiger partial charge in [0.2, 0.25) is 5.91 Å². The fourth-order valence-corrected chi connectivity index (χ4v) is 4.60. The van der Waals surface area contributed by atoms with E-state index in [1.165, 1.54) is 0 Å². The molecule has 1 amide bonds. The van der Waals surface area contributed by atoms with Crippen molar-refractivity contribution in [3.8, 4) is 11.3 Å².